The molecule has 0 saturated heterocycles. The van der Waals surface area contributed by atoms with Crippen molar-refractivity contribution >= 4 is 11.9 Å². The van der Waals surface area contributed by atoms with Crippen LogP contribution in [0, 0.1) is 0 Å². The molecule has 19 heavy (non-hydrogen) atoms. The Morgan fingerprint density at radius 1 is 1.58 bits per heavy atom. The van der Waals surface area contributed by atoms with Crippen molar-refractivity contribution in [1.82, 2.24) is 15.3 Å². The van der Waals surface area contributed by atoms with Crippen LogP contribution in [0.25, 0.3) is 0 Å². The zero-order chi connectivity index (χ0) is 14.5. The van der Waals surface area contributed by atoms with Crippen LogP contribution in [-0.2, 0) is 20.7 Å². The smallest absolute Gasteiger partial charge is 0.326 e. The van der Waals surface area contributed by atoms with Crippen molar-refractivity contribution in [3.05, 3.63) is 18.2 Å². The van der Waals surface area contributed by atoms with Crippen molar-refractivity contribution < 1.29 is 19.4 Å². The molecule has 0 unspecified atom stereocenters. The van der Waals surface area contributed by atoms with Gasteiger partial charge in [-0.2, -0.15) is 0 Å². The lowest BCUT2D eigenvalue weighted by Crippen LogP contribution is -2.44. The molecule has 1 rings (SSSR count). The zero-order valence-corrected chi connectivity index (χ0v) is 11.3. The number of hydrogen-bond acceptors (Lipinski definition) is 4. The van der Waals surface area contributed by atoms with Crippen LogP contribution in [0.5, 0.6) is 0 Å². The number of imidazole rings is 1. The number of H-pyrrole nitrogens is 1. The van der Waals surface area contributed by atoms with E-state index >= 15 is 0 Å². The van der Waals surface area contributed by atoms with E-state index in [1.807, 2.05) is 0 Å². The van der Waals surface area contributed by atoms with E-state index in [4.69, 9.17) is 9.84 Å². The molecular formula is C12H19N3O4. The van der Waals surface area contributed by atoms with E-state index in [0.29, 0.717) is 5.69 Å². The van der Waals surface area contributed by atoms with Crippen molar-refractivity contribution in [3.63, 3.8) is 0 Å². The van der Waals surface area contributed by atoms with E-state index < -0.39 is 17.6 Å². The van der Waals surface area contributed by atoms with Gasteiger partial charge < -0.3 is 20.1 Å². The maximum atomic E-state index is 11.8. The molecule has 7 heteroatoms. The number of aliphatic carboxylic acids is 1. The van der Waals surface area contributed by atoms with Crippen molar-refractivity contribution in [2.45, 2.75) is 38.3 Å². The molecule has 0 fully saturated rings. The minimum absolute atomic E-state index is 0.0935. The topological polar surface area (TPSA) is 104 Å². The van der Waals surface area contributed by atoms with Gasteiger partial charge >= 0.3 is 5.97 Å². The number of methoxy groups -OCH3 is 1. The fraction of sp³-hybridized carbons (Fsp3) is 0.583. The van der Waals surface area contributed by atoms with Gasteiger partial charge in [0.05, 0.1) is 18.3 Å². The molecule has 0 aliphatic rings. The maximum absolute atomic E-state index is 11.8. The first-order valence-corrected chi connectivity index (χ1v) is 5.88. The number of ether oxygens (including phenoxy) is 1. The number of aromatic nitrogens is 2. The molecule has 0 bridgehead atoms. The fourth-order valence-electron chi connectivity index (χ4n) is 1.52. The maximum Gasteiger partial charge on any atom is 0.326 e. The molecule has 0 aliphatic carbocycles. The molecule has 1 aromatic rings. The Bertz CT molecular complexity index is 428. The molecule has 0 saturated carbocycles. The number of nitrogens with one attached hydrogen (secondary N) is 2. The quantitative estimate of drug-likeness (QED) is 0.662. The second-order valence-corrected chi connectivity index (χ2v) is 4.88. The predicted molar refractivity (Wildman–Crippen MR) is 67.6 cm³/mol. The van der Waals surface area contributed by atoms with Crippen molar-refractivity contribution in [2.24, 2.45) is 0 Å². The molecule has 7 nitrogen and oxygen atoms in total. The van der Waals surface area contributed by atoms with Crippen LogP contribution in [0.15, 0.2) is 12.5 Å². The number of nitrogens with zero attached hydrogens (tertiary/aromatic N) is 1. The zero-order valence-electron chi connectivity index (χ0n) is 11.3. The third kappa shape index (κ3) is 5.09. The van der Waals surface area contributed by atoms with Crippen molar-refractivity contribution in [2.75, 3.05) is 7.11 Å². The van der Waals surface area contributed by atoms with Gasteiger partial charge in [0.15, 0.2) is 0 Å². The third-order valence-corrected chi connectivity index (χ3v) is 2.75. The number of carboxylic acid groups (broad SMARTS) is 1. The van der Waals surface area contributed by atoms with E-state index in [9.17, 15) is 9.59 Å². The van der Waals surface area contributed by atoms with Crippen LogP contribution < -0.4 is 5.32 Å². The summed E-state index contributed by atoms with van der Waals surface area (Å²) in [5.74, 6) is -1.45. The SMILES string of the molecule is COC(C)(C)CC(=O)N[C@H](Cc1cnc[nH]1)C(=O)O. The highest BCUT2D eigenvalue weighted by Crippen LogP contribution is 2.12. The summed E-state index contributed by atoms with van der Waals surface area (Å²) in [5, 5.41) is 11.6. The third-order valence-electron chi connectivity index (χ3n) is 2.75. The number of carbonyl (C=O) groups is 2. The van der Waals surface area contributed by atoms with Crippen LogP contribution in [-0.4, -0.2) is 45.7 Å². The summed E-state index contributed by atoms with van der Waals surface area (Å²) in [6.45, 7) is 3.52. The standard InChI is InChI=1S/C12H19N3O4/c1-12(2,19-3)5-10(16)15-9(11(17)18)4-8-6-13-7-14-8/h6-7,9H,4-5H2,1-3H3,(H,13,14)(H,15,16)(H,17,18)/t9-/m1/s1. The fourth-order valence-corrected chi connectivity index (χ4v) is 1.52. The van der Waals surface area contributed by atoms with Gasteiger partial charge in [0.1, 0.15) is 6.04 Å². The lowest BCUT2D eigenvalue weighted by molar-refractivity contribution is -0.142. The average molecular weight is 269 g/mol. The van der Waals surface area contributed by atoms with E-state index in [1.165, 1.54) is 19.6 Å². The molecule has 106 valence electrons. The van der Waals surface area contributed by atoms with Gasteiger partial charge in [-0.3, -0.25) is 4.79 Å². The number of hydrogen-bond donors (Lipinski definition) is 3. The largest absolute Gasteiger partial charge is 0.480 e. The van der Waals surface area contributed by atoms with E-state index in [-0.39, 0.29) is 18.7 Å². The predicted octanol–water partition coefficient (Wildman–Crippen LogP) is 0.337. The van der Waals surface area contributed by atoms with Gasteiger partial charge in [-0.15, -0.1) is 0 Å². The highest BCUT2D eigenvalue weighted by molar-refractivity contribution is 5.84. The average Bonchev–Trinajstić information content (AvgIpc) is 2.80. The van der Waals surface area contributed by atoms with Gasteiger partial charge in [0.2, 0.25) is 5.91 Å². The van der Waals surface area contributed by atoms with Crippen LogP contribution in [0.3, 0.4) is 0 Å². The highest BCUT2D eigenvalue weighted by Gasteiger charge is 2.26. The Labute approximate surface area is 111 Å². The lowest BCUT2D eigenvalue weighted by atomic mass is 10.0. The molecule has 0 aliphatic heterocycles. The van der Waals surface area contributed by atoms with Gasteiger partial charge in [-0.1, -0.05) is 0 Å². The first-order chi connectivity index (χ1) is 8.84. The Morgan fingerprint density at radius 2 is 2.26 bits per heavy atom. The summed E-state index contributed by atoms with van der Waals surface area (Å²) in [5.41, 5.74) is 0.0277. The summed E-state index contributed by atoms with van der Waals surface area (Å²) in [6.07, 6.45) is 3.25. The van der Waals surface area contributed by atoms with Crippen LogP contribution in [0.1, 0.15) is 26.0 Å². The Morgan fingerprint density at radius 3 is 2.74 bits per heavy atom. The number of carboxylic acids is 1. The molecule has 1 atom stereocenters. The number of amides is 1. The van der Waals surface area contributed by atoms with Gasteiger partial charge in [0.25, 0.3) is 0 Å². The summed E-state index contributed by atoms with van der Waals surface area (Å²) in [6, 6.07) is -0.986. The van der Waals surface area contributed by atoms with Gasteiger partial charge in [-0.05, 0) is 13.8 Å². The summed E-state index contributed by atoms with van der Waals surface area (Å²) >= 11 is 0. The van der Waals surface area contributed by atoms with Gasteiger partial charge in [-0.25, -0.2) is 9.78 Å². The summed E-state index contributed by atoms with van der Waals surface area (Å²) in [7, 11) is 1.51. The Kier molecular flexibility index (Phi) is 5.05. The van der Waals surface area contributed by atoms with Crippen LogP contribution in [0.2, 0.25) is 0 Å². The molecule has 0 radical (unpaired) electrons. The van der Waals surface area contributed by atoms with Crippen molar-refractivity contribution in [1.29, 1.82) is 0 Å². The van der Waals surface area contributed by atoms with Crippen molar-refractivity contribution in [3.8, 4) is 0 Å². The summed E-state index contributed by atoms with van der Waals surface area (Å²) < 4.78 is 5.13. The molecule has 1 heterocycles. The van der Waals surface area contributed by atoms with E-state index in [1.54, 1.807) is 13.8 Å². The first-order valence-electron chi connectivity index (χ1n) is 5.88. The minimum atomic E-state index is -1.09. The van der Waals surface area contributed by atoms with Crippen LogP contribution in [0.4, 0.5) is 0 Å². The monoisotopic (exact) mass is 269 g/mol. The second kappa shape index (κ2) is 6.33. The number of rotatable bonds is 7. The Balaban J connectivity index is 2.59. The first kappa shape index (κ1) is 15.2. The Hall–Kier alpha value is -1.89. The lowest BCUT2D eigenvalue weighted by Gasteiger charge is -2.23. The second-order valence-electron chi connectivity index (χ2n) is 4.88. The molecule has 3 N–H and O–H groups in total. The number of carbonyl (C=O) groups excluding carboxylic acids is 1. The minimum Gasteiger partial charge on any atom is -0.480 e. The molecule has 1 aromatic heterocycles. The van der Waals surface area contributed by atoms with Crippen LogP contribution >= 0.6 is 0 Å². The van der Waals surface area contributed by atoms with Gasteiger partial charge in [0, 0.05) is 25.4 Å². The molecular weight excluding hydrogens is 250 g/mol. The number of aromatic amines is 1. The molecule has 0 spiro atoms. The van der Waals surface area contributed by atoms with E-state index in [2.05, 4.69) is 15.3 Å². The summed E-state index contributed by atoms with van der Waals surface area (Å²) in [4.78, 5) is 29.5. The highest BCUT2D eigenvalue weighted by atomic mass is 16.5. The molecule has 0 aromatic carbocycles. The normalized spacial score (nSPS) is 13.0. The van der Waals surface area contributed by atoms with E-state index in [0.717, 1.165) is 0 Å². The molecule has 1 amide bonds.